The molecule has 2 aliphatic rings. The Labute approximate surface area is 189 Å². The fraction of sp³-hybridized carbons (Fsp3) is 0.458. The largest absolute Gasteiger partial charge is 0.489 e. The number of piperazine rings is 1. The van der Waals surface area contributed by atoms with Crippen molar-refractivity contribution in [2.45, 2.75) is 25.9 Å². The number of ether oxygens (including phenoxy) is 2. The van der Waals surface area contributed by atoms with Crippen LogP contribution in [0.4, 0.5) is 0 Å². The Morgan fingerprint density at radius 2 is 1.81 bits per heavy atom. The normalized spacial score (nSPS) is 17.2. The van der Waals surface area contributed by atoms with Gasteiger partial charge in [0.15, 0.2) is 11.5 Å². The van der Waals surface area contributed by atoms with Gasteiger partial charge < -0.3 is 19.7 Å². The average Bonchev–Trinajstić information content (AvgIpc) is 3.00. The van der Waals surface area contributed by atoms with Gasteiger partial charge in [-0.25, -0.2) is 0 Å². The Balaban J connectivity index is 1.31. The molecule has 4 rings (SSSR count). The summed E-state index contributed by atoms with van der Waals surface area (Å²) in [5, 5.41) is 3.51. The lowest BCUT2D eigenvalue weighted by Gasteiger charge is -2.32. The summed E-state index contributed by atoms with van der Waals surface area (Å²) in [4.78, 5) is 17.4. The van der Waals surface area contributed by atoms with E-state index in [4.69, 9.17) is 21.1 Å². The molecule has 7 heteroatoms. The lowest BCUT2D eigenvalue weighted by Crippen LogP contribution is -2.43. The second kappa shape index (κ2) is 10.4. The van der Waals surface area contributed by atoms with Crippen LogP contribution < -0.4 is 14.8 Å². The van der Waals surface area contributed by atoms with E-state index in [2.05, 4.69) is 46.4 Å². The van der Waals surface area contributed by atoms with E-state index in [0.29, 0.717) is 36.3 Å². The topological polar surface area (TPSA) is 54.0 Å². The van der Waals surface area contributed by atoms with Crippen LogP contribution in [-0.4, -0.2) is 62.1 Å². The van der Waals surface area contributed by atoms with Crippen LogP contribution in [0.3, 0.4) is 0 Å². The van der Waals surface area contributed by atoms with Crippen molar-refractivity contribution in [1.29, 1.82) is 0 Å². The number of carbonyl (C=O) groups excluding carboxylic acids is 1. The van der Waals surface area contributed by atoms with E-state index in [1.54, 1.807) is 6.07 Å². The Morgan fingerprint density at radius 1 is 1.03 bits per heavy atom. The van der Waals surface area contributed by atoms with Crippen molar-refractivity contribution in [3.8, 4) is 11.5 Å². The van der Waals surface area contributed by atoms with Gasteiger partial charge in [0.05, 0.1) is 24.7 Å². The van der Waals surface area contributed by atoms with E-state index in [-0.39, 0.29) is 12.3 Å². The Morgan fingerprint density at radius 3 is 2.65 bits per heavy atom. The van der Waals surface area contributed by atoms with Gasteiger partial charge in [-0.1, -0.05) is 35.9 Å². The van der Waals surface area contributed by atoms with Crippen LogP contribution in [0, 0.1) is 0 Å². The molecule has 1 N–H and O–H groups in total. The number of fused-ring (bicyclic) bond motifs is 1. The van der Waals surface area contributed by atoms with Gasteiger partial charge in [0.25, 0.3) is 0 Å². The zero-order valence-electron chi connectivity index (χ0n) is 18.0. The van der Waals surface area contributed by atoms with Crippen molar-refractivity contribution in [3.63, 3.8) is 0 Å². The number of benzene rings is 2. The van der Waals surface area contributed by atoms with Gasteiger partial charge in [0.1, 0.15) is 0 Å². The van der Waals surface area contributed by atoms with Crippen molar-refractivity contribution < 1.29 is 14.3 Å². The number of nitrogens with zero attached hydrogens (tertiary/aromatic N) is 2. The minimum atomic E-state index is -0.0463. The maximum absolute atomic E-state index is 12.5. The molecule has 0 saturated carbocycles. The summed E-state index contributed by atoms with van der Waals surface area (Å²) in [6.45, 7) is 7.03. The maximum Gasteiger partial charge on any atom is 0.224 e. The summed E-state index contributed by atoms with van der Waals surface area (Å²) >= 11 is 6.34. The van der Waals surface area contributed by atoms with E-state index in [1.807, 2.05) is 6.07 Å². The van der Waals surface area contributed by atoms with Gasteiger partial charge in [0.2, 0.25) is 5.91 Å². The SMILES string of the molecule is CN1CCN(Cc2cccc(CNC(=O)Cc3cc(Cl)c4c(c3)OCCCO4)c2)CC1. The molecule has 0 aromatic heterocycles. The molecule has 1 saturated heterocycles. The molecule has 2 aromatic carbocycles. The van der Waals surface area contributed by atoms with Gasteiger partial charge in [-0.05, 0) is 35.9 Å². The molecule has 0 radical (unpaired) electrons. The first kappa shape index (κ1) is 21.9. The van der Waals surface area contributed by atoms with Crippen LogP contribution in [-0.2, 0) is 24.3 Å². The highest BCUT2D eigenvalue weighted by Crippen LogP contribution is 2.38. The number of rotatable bonds is 6. The number of amides is 1. The highest BCUT2D eigenvalue weighted by molar-refractivity contribution is 6.32. The van der Waals surface area contributed by atoms with Crippen molar-refractivity contribution in [2.24, 2.45) is 0 Å². The van der Waals surface area contributed by atoms with Gasteiger partial charge in [-0.2, -0.15) is 0 Å². The highest BCUT2D eigenvalue weighted by atomic mass is 35.5. The first-order valence-corrected chi connectivity index (χ1v) is 11.3. The fourth-order valence-corrected chi connectivity index (χ4v) is 4.22. The van der Waals surface area contributed by atoms with Crippen LogP contribution in [0.15, 0.2) is 36.4 Å². The smallest absolute Gasteiger partial charge is 0.224 e. The van der Waals surface area contributed by atoms with Crippen LogP contribution >= 0.6 is 11.6 Å². The fourth-order valence-electron chi connectivity index (χ4n) is 3.94. The second-order valence-corrected chi connectivity index (χ2v) is 8.72. The van der Waals surface area contributed by atoms with E-state index in [1.165, 1.54) is 5.56 Å². The molecule has 0 aliphatic carbocycles. The molecule has 166 valence electrons. The third kappa shape index (κ3) is 6.12. The van der Waals surface area contributed by atoms with Crippen molar-refractivity contribution in [2.75, 3.05) is 46.4 Å². The molecule has 2 aromatic rings. The van der Waals surface area contributed by atoms with E-state index in [9.17, 15) is 4.79 Å². The monoisotopic (exact) mass is 443 g/mol. The molecular weight excluding hydrogens is 414 g/mol. The molecule has 1 amide bonds. The molecule has 6 nitrogen and oxygen atoms in total. The molecular formula is C24H30ClN3O3. The number of nitrogens with one attached hydrogen (secondary N) is 1. The van der Waals surface area contributed by atoms with Crippen molar-refractivity contribution in [1.82, 2.24) is 15.1 Å². The van der Waals surface area contributed by atoms with Gasteiger partial charge in [-0.3, -0.25) is 9.69 Å². The predicted octanol–water partition coefficient (Wildman–Crippen LogP) is 3.11. The Hall–Kier alpha value is -2.28. The van der Waals surface area contributed by atoms with Gasteiger partial charge >= 0.3 is 0 Å². The lowest BCUT2D eigenvalue weighted by atomic mass is 10.1. The molecule has 0 atom stereocenters. The van der Waals surface area contributed by atoms with Crippen LogP contribution in [0.1, 0.15) is 23.1 Å². The van der Waals surface area contributed by atoms with E-state index in [0.717, 1.165) is 50.3 Å². The Kier molecular flexibility index (Phi) is 7.33. The standard InChI is InChI=1S/C24H30ClN3O3/c1-27-6-8-28(9-7-27)17-19-5-2-4-18(12-19)16-26-23(29)15-20-13-21(25)24-22(14-20)30-10-3-11-31-24/h2,4-5,12-14H,3,6-11,15-17H2,1H3,(H,26,29). The zero-order chi connectivity index (χ0) is 21.6. The third-order valence-electron chi connectivity index (χ3n) is 5.71. The molecule has 2 aliphatic heterocycles. The van der Waals surface area contributed by atoms with Gasteiger partial charge in [-0.15, -0.1) is 0 Å². The number of hydrogen-bond donors (Lipinski definition) is 1. The minimum absolute atomic E-state index is 0.0463. The summed E-state index contributed by atoms with van der Waals surface area (Å²) in [7, 11) is 2.17. The molecule has 0 bridgehead atoms. The quantitative estimate of drug-likeness (QED) is 0.743. The van der Waals surface area contributed by atoms with Crippen LogP contribution in [0.25, 0.3) is 0 Å². The van der Waals surface area contributed by atoms with E-state index >= 15 is 0 Å². The van der Waals surface area contributed by atoms with Crippen LogP contribution in [0.2, 0.25) is 5.02 Å². The summed E-state index contributed by atoms with van der Waals surface area (Å²) in [5.74, 6) is 1.14. The average molecular weight is 444 g/mol. The number of likely N-dealkylation sites (N-methyl/N-ethyl adjacent to an activating group) is 1. The highest BCUT2D eigenvalue weighted by Gasteiger charge is 2.17. The van der Waals surface area contributed by atoms with Crippen molar-refractivity contribution >= 4 is 17.5 Å². The first-order chi connectivity index (χ1) is 15.1. The lowest BCUT2D eigenvalue weighted by molar-refractivity contribution is -0.120. The van der Waals surface area contributed by atoms with Crippen molar-refractivity contribution in [3.05, 3.63) is 58.1 Å². The number of halogens is 1. The summed E-state index contributed by atoms with van der Waals surface area (Å²) in [6, 6.07) is 12.1. The Bertz CT molecular complexity index is 913. The number of hydrogen-bond acceptors (Lipinski definition) is 5. The number of carbonyl (C=O) groups is 1. The molecule has 2 heterocycles. The second-order valence-electron chi connectivity index (χ2n) is 8.31. The third-order valence-corrected chi connectivity index (χ3v) is 5.99. The molecule has 1 fully saturated rings. The summed E-state index contributed by atoms with van der Waals surface area (Å²) < 4.78 is 11.4. The summed E-state index contributed by atoms with van der Waals surface area (Å²) in [6.07, 6.45) is 1.06. The molecule has 0 spiro atoms. The van der Waals surface area contributed by atoms with E-state index < -0.39 is 0 Å². The maximum atomic E-state index is 12.5. The van der Waals surface area contributed by atoms with Gasteiger partial charge in [0, 0.05) is 45.7 Å². The van der Waals surface area contributed by atoms with Crippen LogP contribution in [0.5, 0.6) is 11.5 Å². The first-order valence-electron chi connectivity index (χ1n) is 10.9. The molecule has 31 heavy (non-hydrogen) atoms. The minimum Gasteiger partial charge on any atom is -0.489 e. The zero-order valence-corrected chi connectivity index (χ0v) is 18.8. The predicted molar refractivity (Wildman–Crippen MR) is 122 cm³/mol. The summed E-state index contributed by atoms with van der Waals surface area (Å²) in [5.41, 5.74) is 3.21. The molecule has 0 unspecified atom stereocenters.